The van der Waals surface area contributed by atoms with E-state index < -0.39 is 0 Å². The Kier molecular flexibility index (Phi) is 6.61. The van der Waals surface area contributed by atoms with E-state index in [0.717, 1.165) is 13.0 Å². The van der Waals surface area contributed by atoms with E-state index in [-0.39, 0.29) is 0 Å². The standard InChI is InChI=1S/C12H23N/c1-6-13-12(5)9-7-8-11(4)10(2)3/h7,9-10,12-13H,4,6,8H2,1-3,5H3/b9-7-. The third-order valence-electron chi connectivity index (χ3n) is 2.15. The minimum absolute atomic E-state index is 0.477. The summed E-state index contributed by atoms with van der Waals surface area (Å²) in [7, 11) is 0. The molecule has 0 saturated carbocycles. The van der Waals surface area contributed by atoms with Gasteiger partial charge in [-0.25, -0.2) is 0 Å². The Morgan fingerprint density at radius 3 is 2.46 bits per heavy atom. The number of hydrogen-bond donors (Lipinski definition) is 1. The lowest BCUT2D eigenvalue weighted by Crippen LogP contribution is -2.22. The van der Waals surface area contributed by atoms with Gasteiger partial charge in [0.1, 0.15) is 0 Å². The molecule has 0 aromatic carbocycles. The zero-order chi connectivity index (χ0) is 10.3. The summed E-state index contributed by atoms with van der Waals surface area (Å²) in [4.78, 5) is 0. The zero-order valence-corrected chi connectivity index (χ0v) is 9.43. The number of likely N-dealkylation sites (N-methyl/N-ethyl adjacent to an activating group) is 1. The quantitative estimate of drug-likeness (QED) is 0.621. The van der Waals surface area contributed by atoms with E-state index in [1.807, 2.05) is 0 Å². The van der Waals surface area contributed by atoms with E-state index in [1.165, 1.54) is 5.57 Å². The number of nitrogens with one attached hydrogen (secondary N) is 1. The molecule has 0 heterocycles. The lowest BCUT2D eigenvalue weighted by atomic mass is 10.0. The summed E-state index contributed by atoms with van der Waals surface area (Å²) in [5, 5.41) is 3.33. The highest BCUT2D eigenvalue weighted by Gasteiger charge is 1.97. The topological polar surface area (TPSA) is 12.0 Å². The first-order valence-corrected chi connectivity index (χ1v) is 5.15. The van der Waals surface area contributed by atoms with E-state index in [2.05, 4.69) is 51.7 Å². The summed E-state index contributed by atoms with van der Waals surface area (Å²) >= 11 is 0. The highest BCUT2D eigenvalue weighted by atomic mass is 14.9. The van der Waals surface area contributed by atoms with E-state index in [1.54, 1.807) is 0 Å². The van der Waals surface area contributed by atoms with Gasteiger partial charge in [-0.15, -0.1) is 0 Å². The second-order valence-corrected chi connectivity index (χ2v) is 3.79. The maximum atomic E-state index is 4.03. The van der Waals surface area contributed by atoms with Crippen molar-refractivity contribution in [2.24, 2.45) is 5.92 Å². The molecule has 0 aromatic heterocycles. The predicted octanol–water partition coefficient (Wildman–Crippen LogP) is 3.14. The molecule has 1 heteroatoms. The van der Waals surface area contributed by atoms with Crippen LogP contribution in [0.2, 0.25) is 0 Å². The Bertz CT molecular complexity index is 168. The highest BCUT2D eigenvalue weighted by Crippen LogP contribution is 2.11. The van der Waals surface area contributed by atoms with Gasteiger partial charge in [-0.05, 0) is 25.8 Å². The Balaban J connectivity index is 3.68. The van der Waals surface area contributed by atoms with Crippen LogP contribution in [0, 0.1) is 5.92 Å². The molecule has 0 aliphatic heterocycles. The smallest absolute Gasteiger partial charge is 0.0221 e. The molecule has 1 nitrogen and oxygen atoms in total. The Labute approximate surface area is 82.9 Å². The van der Waals surface area contributed by atoms with Crippen molar-refractivity contribution in [3.8, 4) is 0 Å². The lowest BCUT2D eigenvalue weighted by Gasteiger charge is -2.08. The summed E-state index contributed by atoms with van der Waals surface area (Å²) in [5.74, 6) is 0.596. The van der Waals surface area contributed by atoms with Crippen LogP contribution in [0.3, 0.4) is 0 Å². The average molecular weight is 181 g/mol. The van der Waals surface area contributed by atoms with E-state index in [4.69, 9.17) is 0 Å². The molecule has 0 radical (unpaired) electrons. The molecule has 0 spiro atoms. The molecule has 0 aliphatic rings. The monoisotopic (exact) mass is 181 g/mol. The average Bonchev–Trinajstić information content (AvgIpc) is 2.04. The molecule has 76 valence electrons. The van der Waals surface area contributed by atoms with E-state index >= 15 is 0 Å². The van der Waals surface area contributed by atoms with Crippen LogP contribution in [0.1, 0.15) is 34.1 Å². The second-order valence-electron chi connectivity index (χ2n) is 3.79. The molecule has 1 N–H and O–H groups in total. The first-order valence-electron chi connectivity index (χ1n) is 5.15. The van der Waals surface area contributed by atoms with Gasteiger partial charge in [0.2, 0.25) is 0 Å². The molecular formula is C12H23N. The highest BCUT2D eigenvalue weighted by molar-refractivity contribution is 5.05. The number of hydrogen-bond acceptors (Lipinski definition) is 1. The van der Waals surface area contributed by atoms with Crippen molar-refractivity contribution >= 4 is 0 Å². The molecule has 0 amide bonds. The van der Waals surface area contributed by atoms with Crippen LogP contribution in [0.5, 0.6) is 0 Å². The largest absolute Gasteiger partial charge is 0.311 e. The summed E-state index contributed by atoms with van der Waals surface area (Å²) in [6.07, 6.45) is 5.42. The van der Waals surface area contributed by atoms with Gasteiger partial charge < -0.3 is 5.32 Å². The van der Waals surface area contributed by atoms with Gasteiger partial charge in [0.05, 0.1) is 0 Å². The molecule has 0 saturated heterocycles. The zero-order valence-electron chi connectivity index (χ0n) is 9.43. The number of allylic oxidation sites excluding steroid dienone is 2. The van der Waals surface area contributed by atoms with Crippen molar-refractivity contribution in [2.75, 3.05) is 6.54 Å². The molecule has 0 fully saturated rings. The molecule has 0 bridgehead atoms. The SMILES string of the molecule is C=C(C/C=C\C(C)NCC)C(C)C. The van der Waals surface area contributed by atoms with Gasteiger partial charge in [-0.3, -0.25) is 0 Å². The Morgan fingerprint density at radius 2 is 2.00 bits per heavy atom. The van der Waals surface area contributed by atoms with Gasteiger partial charge in [-0.1, -0.05) is 45.1 Å². The fraction of sp³-hybridized carbons (Fsp3) is 0.667. The summed E-state index contributed by atoms with van der Waals surface area (Å²) in [6.45, 7) is 13.7. The minimum atomic E-state index is 0.477. The molecule has 0 aliphatic carbocycles. The van der Waals surface area contributed by atoms with Crippen LogP contribution in [-0.2, 0) is 0 Å². The van der Waals surface area contributed by atoms with E-state index in [0.29, 0.717) is 12.0 Å². The van der Waals surface area contributed by atoms with Crippen LogP contribution < -0.4 is 5.32 Å². The van der Waals surface area contributed by atoms with Gasteiger partial charge in [-0.2, -0.15) is 0 Å². The van der Waals surface area contributed by atoms with Crippen LogP contribution in [0.15, 0.2) is 24.3 Å². The fourth-order valence-electron chi connectivity index (χ4n) is 1.05. The van der Waals surface area contributed by atoms with Crippen molar-refractivity contribution in [1.29, 1.82) is 0 Å². The van der Waals surface area contributed by atoms with E-state index in [9.17, 15) is 0 Å². The molecule has 0 rings (SSSR count). The van der Waals surface area contributed by atoms with Crippen LogP contribution in [0.4, 0.5) is 0 Å². The van der Waals surface area contributed by atoms with Crippen molar-refractivity contribution in [3.63, 3.8) is 0 Å². The minimum Gasteiger partial charge on any atom is -0.311 e. The van der Waals surface area contributed by atoms with Crippen molar-refractivity contribution in [3.05, 3.63) is 24.3 Å². The number of rotatable bonds is 6. The third-order valence-corrected chi connectivity index (χ3v) is 2.15. The molecule has 13 heavy (non-hydrogen) atoms. The second kappa shape index (κ2) is 6.90. The van der Waals surface area contributed by atoms with Crippen molar-refractivity contribution < 1.29 is 0 Å². The Hall–Kier alpha value is -0.560. The molecule has 1 unspecified atom stereocenters. The van der Waals surface area contributed by atoms with Crippen LogP contribution in [-0.4, -0.2) is 12.6 Å². The lowest BCUT2D eigenvalue weighted by molar-refractivity contribution is 0.658. The predicted molar refractivity (Wildman–Crippen MR) is 60.9 cm³/mol. The van der Waals surface area contributed by atoms with Gasteiger partial charge in [0, 0.05) is 6.04 Å². The molecule has 1 atom stereocenters. The summed E-state index contributed by atoms with van der Waals surface area (Å²) in [6, 6.07) is 0.477. The summed E-state index contributed by atoms with van der Waals surface area (Å²) in [5.41, 5.74) is 1.31. The maximum Gasteiger partial charge on any atom is 0.0221 e. The van der Waals surface area contributed by atoms with Gasteiger partial charge in [0.15, 0.2) is 0 Å². The van der Waals surface area contributed by atoms with Gasteiger partial charge in [0.25, 0.3) is 0 Å². The molecular weight excluding hydrogens is 158 g/mol. The maximum absolute atomic E-state index is 4.03. The van der Waals surface area contributed by atoms with Crippen LogP contribution >= 0.6 is 0 Å². The first-order chi connectivity index (χ1) is 6.07. The normalized spacial score (nSPS) is 13.9. The third kappa shape index (κ3) is 6.59. The van der Waals surface area contributed by atoms with Crippen molar-refractivity contribution in [2.45, 2.75) is 40.2 Å². The van der Waals surface area contributed by atoms with Crippen LogP contribution in [0.25, 0.3) is 0 Å². The summed E-state index contributed by atoms with van der Waals surface area (Å²) < 4.78 is 0. The first kappa shape index (κ1) is 12.4. The van der Waals surface area contributed by atoms with Gasteiger partial charge >= 0.3 is 0 Å². The Morgan fingerprint density at radius 1 is 1.38 bits per heavy atom. The van der Waals surface area contributed by atoms with Crippen molar-refractivity contribution in [1.82, 2.24) is 5.32 Å². The fourth-order valence-corrected chi connectivity index (χ4v) is 1.05. The molecule has 0 aromatic rings.